The molecule has 0 aliphatic rings. The molecule has 9 nitrogen and oxygen atoms in total. The minimum absolute atomic E-state index is 0.0759. The maximum absolute atomic E-state index is 13.4. The molecule has 51 heavy (non-hydrogen) atoms. The molecule has 0 spiro atoms. The second-order valence-electron chi connectivity index (χ2n) is 12.0. The van der Waals surface area contributed by atoms with Gasteiger partial charge in [-0.1, -0.05) is 57.2 Å². The van der Waals surface area contributed by atoms with Crippen LogP contribution in [0.15, 0.2) is 91.0 Å². The average Bonchev–Trinajstić information content (AvgIpc) is 3.11. The minimum Gasteiger partial charge on any atom is -0.494 e. The normalized spacial score (nSPS) is 11.1. The van der Waals surface area contributed by atoms with E-state index in [0.717, 1.165) is 31.0 Å². The van der Waals surface area contributed by atoms with E-state index in [0.29, 0.717) is 29.2 Å². The van der Waals surface area contributed by atoms with Crippen LogP contribution in [0.3, 0.4) is 0 Å². The number of unbranched alkanes of at least 4 members (excludes halogenated alkanes) is 5. The van der Waals surface area contributed by atoms with E-state index in [4.69, 9.17) is 9.47 Å². The molecule has 0 bridgehead atoms. The second-order valence-corrected chi connectivity index (χ2v) is 12.0. The fourth-order valence-corrected chi connectivity index (χ4v) is 5.07. The Morgan fingerprint density at radius 3 is 2.04 bits per heavy atom. The van der Waals surface area contributed by atoms with Crippen molar-refractivity contribution in [2.24, 2.45) is 0 Å². The van der Waals surface area contributed by atoms with Crippen LogP contribution in [-0.4, -0.2) is 46.6 Å². The zero-order valence-electron chi connectivity index (χ0n) is 28.5. The van der Waals surface area contributed by atoms with Crippen molar-refractivity contribution in [2.75, 3.05) is 18.5 Å². The van der Waals surface area contributed by atoms with Crippen molar-refractivity contribution in [3.63, 3.8) is 0 Å². The van der Waals surface area contributed by atoms with E-state index in [9.17, 15) is 32.3 Å². The Bertz CT molecular complexity index is 1780. The van der Waals surface area contributed by atoms with E-state index < -0.39 is 35.3 Å². The Kier molecular flexibility index (Phi) is 13.9. The number of aromatic nitrogens is 1. The predicted octanol–water partition coefficient (Wildman–Crippen LogP) is 8.54. The van der Waals surface area contributed by atoms with E-state index >= 15 is 0 Å². The average molecular weight is 704 g/mol. The molecule has 0 unspecified atom stereocenters. The number of halogens is 3. The summed E-state index contributed by atoms with van der Waals surface area (Å²) in [7, 11) is 0. The van der Waals surface area contributed by atoms with Crippen molar-refractivity contribution in [3.05, 3.63) is 119 Å². The van der Waals surface area contributed by atoms with Gasteiger partial charge in [0.2, 0.25) is 0 Å². The summed E-state index contributed by atoms with van der Waals surface area (Å²) >= 11 is 0. The van der Waals surface area contributed by atoms with Gasteiger partial charge in [0.05, 0.1) is 18.7 Å². The summed E-state index contributed by atoms with van der Waals surface area (Å²) in [5.74, 6) is -1.11. The van der Waals surface area contributed by atoms with Crippen LogP contribution in [0, 0.1) is 0 Å². The molecule has 4 rings (SSSR count). The number of alkyl halides is 3. The van der Waals surface area contributed by atoms with Crippen molar-refractivity contribution in [2.45, 2.75) is 65.1 Å². The number of esters is 1. The fraction of sp³-hybridized carbons (Fsp3) is 0.308. The number of ether oxygens (including phenoxy) is 2. The van der Waals surface area contributed by atoms with E-state index in [-0.39, 0.29) is 30.1 Å². The number of amides is 2. The van der Waals surface area contributed by atoms with Gasteiger partial charge in [-0.15, -0.1) is 0 Å². The third-order valence-electron chi connectivity index (χ3n) is 7.73. The standard InChI is InChI=1S/C39H40F3N3O6/c1-3-4-5-6-7-8-24-50-32-22-16-30(17-23-32)38(49)51-33-20-12-28(13-21-33)26-45(25-27(2)46)37(48)29-14-18-31(19-15-29)43-36(47)34-10-9-11-35(44-34)39(40,41)42/h9-23H,3-8,24-26H2,1-2H3,(H,43,47). The van der Waals surface area contributed by atoms with Crippen LogP contribution in [0.4, 0.5) is 18.9 Å². The van der Waals surface area contributed by atoms with Gasteiger partial charge in [0.25, 0.3) is 11.8 Å². The number of benzene rings is 3. The summed E-state index contributed by atoms with van der Waals surface area (Å²) in [5.41, 5.74) is -0.127. The highest BCUT2D eigenvalue weighted by Crippen LogP contribution is 2.27. The van der Waals surface area contributed by atoms with Gasteiger partial charge < -0.3 is 19.7 Å². The molecule has 0 atom stereocenters. The van der Waals surface area contributed by atoms with Crippen LogP contribution in [0.25, 0.3) is 0 Å². The van der Waals surface area contributed by atoms with Gasteiger partial charge in [0, 0.05) is 17.8 Å². The molecule has 0 radical (unpaired) electrons. The molecule has 3 aromatic carbocycles. The Morgan fingerprint density at radius 1 is 0.765 bits per heavy atom. The lowest BCUT2D eigenvalue weighted by atomic mass is 10.1. The molecule has 1 heterocycles. The van der Waals surface area contributed by atoms with Crippen LogP contribution in [0.1, 0.15) is 94.8 Å². The first kappa shape index (κ1) is 38.3. The van der Waals surface area contributed by atoms with Crippen LogP contribution < -0.4 is 14.8 Å². The topological polar surface area (TPSA) is 115 Å². The number of hydrogen-bond acceptors (Lipinski definition) is 7. The molecule has 0 saturated carbocycles. The Balaban J connectivity index is 1.31. The number of pyridine rings is 1. The first-order valence-corrected chi connectivity index (χ1v) is 16.7. The monoisotopic (exact) mass is 703 g/mol. The first-order valence-electron chi connectivity index (χ1n) is 16.7. The highest BCUT2D eigenvalue weighted by Gasteiger charge is 2.33. The highest BCUT2D eigenvalue weighted by atomic mass is 19.4. The number of hydrogen-bond donors (Lipinski definition) is 1. The zero-order valence-corrected chi connectivity index (χ0v) is 28.5. The van der Waals surface area contributed by atoms with Gasteiger partial charge in [0.1, 0.15) is 28.7 Å². The maximum atomic E-state index is 13.4. The number of nitrogens with zero attached hydrogens (tertiary/aromatic N) is 2. The van der Waals surface area contributed by atoms with E-state index in [1.807, 2.05) is 0 Å². The Hall–Kier alpha value is -5.52. The lowest BCUT2D eigenvalue weighted by molar-refractivity contribution is -0.141. The minimum atomic E-state index is -4.70. The van der Waals surface area contributed by atoms with Crippen LogP contribution in [0.2, 0.25) is 0 Å². The van der Waals surface area contributed by atoms with Gasteiger partial charge in [-0.2, -0.15) is 13.2 Å². The molecule has 12 heteroatoms. The SMILES string of the molecule is CCCCCCCCOc1ccc(C(=O)Oc2ccc(CN(CC(C)=O)C(=O)c3ccc(NC(=O)c4cccc(C(F)(F)F)n4)cc3)cc2)cc1. The second kappa shape index (κ2) is 18.5. The molecule has 0 aliphatic heterocycles. The zero-order chi connectivity index (χ0) is 36.8. The molecular formula is C39H40F3N3O6. The van der Waals surface area contributed by atoms with Gasteiger partial charge in [-0.05, 0) is 91.7 Å². The van der Waals surface area contributed by atoms with Gasteiger partial charge in [-0.3, -0.25) is 14.4 Å². The van der Waals surface area contributed by atoms with Crippen molar-refractivity contribution < 1.29 is 41.8 Å². The van der Waals surface area contributed by atoms with Gasteiger partial charge in [0.15, 0.2) is 0 Å². The van der Waals surface area contributed by atoms with Crippen LogP contribution in [-0.2, 0) is 17.5 Å². The molecule has 4 aromatic rings. The molecule has 0 saturated heterocycles. The number of nitrogens with one attached hydrogen (secondary N) is 1. The van der Waals surface area contributed by atoms with E-state index in [1.165, 1.54) is 61.8 Å². The Morgan fingerprint density at radius 2 is 1.39 bits per heavy atom. The molecule has 2 amide bonds. The van der Waals surface area contributed by atoms with E-state index in [2.05, 4.69) is 17.2 Å². The Labute approximate surface area is 294 Å². The molecule has 268 valence electrons. The molecule has 0 aliphatic carbocycles. The van der Waals surface area contributed by atoms with Gasteiger partial charge in [-0.25, -0.2) is 9.78 Å². The number of Topliss-reactive ketones (excluding diaryl/α,β-unsaturated/α-hetero) is 1. The number of carbonyl (C=O) groups is 4. The number of ketones is 1. The summed E-state index contributed by atoms with van der Waals surface area (Å²) in [6.45, 7) is 4.07. The van der Waals surface area contributed by atoms with Crippen LogP contribution in [0.5, 0.6) is 11.5 Å². The largest absolute Gasteiger partial charge is 0.494 e. The molecule has 0 fully saturated rings. The molecule has 1 N–H and O–H groups in total. The molecule has 1 aromatic heterocycles. The fourth-order valence-electron chi connectivity index (χ4n) is 5.07. The number of carbonyl (C=O) groups excluding carboxylic acids is 4. The summed E-state index contributed by atoms with van der Waals surface area (Å²) < 4.78 is 50.2. The third kappa shape index (κ3) is 12.1. The van der Waals surface area contributed by atoms with Gasteiger partial charge >= 0.3 is 12.1 Å². The van der Waals surface area contributed by atoms with Crippen LogP contribution >= 0.6 is 0 Å². The summed E-state index contributed by atoms with van der Waals surface area (Å²) in [5, 5.41) is 2.46. The molecular weight excluding hydrogens is 663 g/mol. The van der Waals surface area contributed by atoms with E-state index in [1.54, 1.807) is 48.5 Å². The third-order valence-corrected chi connectivity index (χ3v) is 7.73. The maximum Gasteiger partial charge on any atom is 0.433 e. The summed E-state index contributed by atoms with van der Waals surface area (Å²) in [4.78, 5) is 55.4. The van der Waals surface area contributed by atoms with Crippen molar-refractivity contribution in [1.29, 1.82) is 0 Å². The highest BCUT2D eigenvalue weighted by molar-refractivity contribution is 6.03. The van der Waals surface area contributed by atoms with Crippen molar-refractivity contribution in [1.82, 2.24) is 9.88 Å². The number of anilines is 1. The smallest absolute Gasteiger partial charge is 0.433 e. The quantitative estimate of drug-likeness (QED) is 0.0666. The predicted molar refractivity (Wildman–Crippen MR) is 186 cm³/mol. The summed E-state index contributed by atoms with van der Waals surface area (Å²) in [6, 6.07) is 22.0. The lowest BCUT2D eigenvalue weighted by Crippen LogP contribution is -2.34. The van der Waals surface area contributed by atoms with Crippen molar-refractivity contribution in [3.8, 4) is 11.5 Å². The lowest BCUT2D eigenvalue weighted by Gasteiger charge is -2.22. The number of rotatable bonds is 17. The first-order chi connectivity index (χ1) is 24.4. The summed E-state index contributed by atoms with van der Waals surface area (Å²) in [6.07, 6.45) is 2.33. The van der Waals surface area contributed by atoms with Crippen molar-refractivity contribution >= 4 is 29.3 Å².